The van der Waals surface area contributed by atoms with Crippen molar-refractivity contribution in [1.29, 1.82) is 0 Å². The second-order valence-corrected chi connectivity index (χ2v) is 4.74. The van der Waals surface area contributed by atoms with Gasteiger partial charge in [-0.25, -0.2) is 0 Å². The summed E-state index contributed by atoms with van der Waals surface area (Å²) in [6.45, 7) is 2.23. The van der Waals surface area contributed by atoms with Crippen LogP contribution < -0.4 is 0 Å². The Labute approximate surface area is 98.7 Å². The number of rotatable bonds is 4. The van der Waals surface area contributed by atoms with Crippen LogP contribution in [-0.4, -0.2) is 0 Å². The van der Waals surface area contributed by atoms with Crippen LogP contribution in [0, 0.1) is 5.92 Å². The van der Waals surface area contributed by atoms with Gasteiger partial charge in [0.05, 0.1) is 0 Å². The molecule has 0 aliphatic heterocycles. The largest absolute Gasteiger partial charge is 0.0811 e. The predicted octanol–water partition coefficient (Wildman–Crippen LogP) is 4.53. The maximum absolute atomic E-state index is 2.36. The highest BCUT2D eigenvalue weighted by Crippen LogP contribution is 2.23. The van der Waals surface area contributed by atoms with Gasteiger partial charge in [0, 0.05) is 0 Å². The molecular weight excluding hydrogens is 192 g/mol. The molecule has 1 unspecified atom stereocenters. The lowest BCUT2D eigenvalue weighted by Gasteiger charge is -2.15. The third-order valence-corrected chi connectivity index (χ3v) is 3.23. The Morgan fingerprint density at radius 3 is 2.75 bits per heavy atom. The molecule has 0 amide bonds. The van der Waals surface area contributed by atoms with E-state index >= 15 is 0 Å². The molecule has 1 atom stereocenters. The van der Waals surface area contributed by atoms with Crippen molar-refractivity contribution in [2.24, 2.45) is 5.92 Å². The topological polar surface area (TPSA) is 0 Å². The Kier molecular flexibility index (Phi) is 3.98. The summed E-state index contributed by atoms with van der Waals surface area (Å²) in [4.78, 5) is 0. The molecule has 16 heavy (non-hydrogen) atoms. The Morgan fingerprint density at radius 1 is 1.19 bits per heavy atom. The molecule has 84 valence electrons. The third-order valence-electron chi connectivity index (χ3n) is 3.23. The summed E-state index contributed by atoms with van der Waals surface area (Å²) >= 11 is 0. The highest BCUT2D eigenvalue weighted by Gasteiger charge is 2.08. The minimum absolute atomic E-state index is 0.772. The van der Waals surface area contributed by atoms with Crippen molar-refractivity contribution in [3.05, 3.63) is 59.7 Å². The molecular formula is C16H20. The third kappa shape index (κ3) is 3.37. The summed E-state index contributed by atoms with van der Waals surface area (Å²) in [5, 5.41) is 0. The lowest BCUT2D eigenvalue weighted by molar-refractivity contribution is 0.551. The minimum Gasteiger partial charge on any atom is -0.0811 e. The molecule has 0 bridgehead atoms. The van der Waals surface area contributed by atoms with E-state index in [1.807, 2.05) is 0 Å². The van der Waals surface area contributed by atoms with Gasteiger partial charge in [-0.15, -0.1) is 0 Å². The number of hydrogen-bond donors (Lipinski definition) is 0. The highest BCUT2D eigenvalue weighted by molar-refractivity contribution is 5.18. The van der Waals surface area contributed by atoms with Crippen molar-refractivity contribution in [1.82, 2.24) is 0 Å². The quantitative estimate of drug-likeness (QED) is 0.687. The summed E-state index contributed by atoms with van der Waals surface area (Å²) < 4.78 is 0. The van der Waals surface area contributed by atoms with Gasteiger partial charge in [0.2, 0.25) is 0 Å². The first-order valence-electron chi connectivity index (χ1n) is 6.22. The summed E-state index contributed by atoms with van der Waals surface area (Å²) in [7, 11) is 0. The molecule has 0 N–H and O–H groups in total. The highest BCUT2D eigenvalue weighted by atomic mass is 14.1. The van der Waals surface area contributed by atoms with Crippen molar-refractivity contribution in [3.63, 3.8) is 0 Å². The Morgan fingerprint density at radius 2 is 2.00 bits per heavy atom. The van der Waals surface area contributed by atoms with Gasteiger partial charge in [0.1, 0.15) is 0 Å². The van der Waals surface area contributed by atoms with E-state index in [4.69, 9.17) is 0 Å². The van der Waals surface area contributed by atoms with Crippen molar-refractivity contribution < 1.29 is 0 Å². The van der Waals surface area contributed by atoms with Crippen molar-refractivity contribution in [2.45, 2.75) is 32.6 Å². The summed E-state index contributed by atoms with van der Waals surface area (Å²) in [6, 6.07) is 10.8. The van der Waals surface area contributed by atoms with Crippen molar-refractivity contribution in [3.8, 4) is 0 Å². The van der Waals surface area contributed by atoms with E-state index < -0.39 is 0 Å². The number of aryl methyl sites for hydroxylation is 1. The van der Waals surface area contributed by atoms with Gasteiger partial charge in [-0.3, -0.25) is 0 Å². The molecule has 0 spiro atoms. The van der Waals surface area contributed by atoms with E-state index in [-0.39, 0.29) is 0 Å². The zero-order chi connectivity index (χ0) is 11.2. The van der Waals surface area contributed by atoms with Crippen LogP contribution in [-0.2, 0) is 6.42 Å². The molecule has 0 saturated carbocycles. The Balaban J connectivity index is 1.73. The molecule has 0 saturated heterocycles. The standard InChI is InChI=1S/C16H20/c1-14-7-5-11-16(13-14)12-6-10-15-8-3-2-4-9-15/h2-5,7-9,11,16H,6,10,12-13H2,1H3. The van der Waals surface area contributed by atoms with Gasteiger partial charge in [0.25, 0.3) is 0 Å². The Bertz CT molecular complexity index is 370. The lowest BCUT2D eigenvalue weighted by atomic mass is 9.90. The predicted molar refractivity (Wildman–Crippen MR) is 70.4 cm³/mol. The molecule has 1 aliphatic rings. The van der Waals surface area contributed by atoms with Crippen molar-refractivity contribution in [2.75, 3.05) is 0 Å². The molecule has 0 heterocycles. The molecule has 1 aliphatic carbocycles. The molecule has 0 heteroatoms. The van der Waals surface area contributed by atoms with E-state index in [0.29, 0.717) is 0 Å². The molecule has 0 fully saturated rings. The first-order chi connectivity index (χ1) is 7.84. The van der Waals surface area contributed by atoms with Crippen molar-refractivity contribution >= 4 is 0 Å². The smallest absolute Gasteiger partial charge is 0.0193 e. The summed E-state index contributed by atoms with van der Waals surface area (Å²) in [6.07, 6.45) is 11.9. The second kappa shape index (κ2) is 5.69. The maximum atomic E-state index is 2.36. The SMILES string of the molecule is CC1=CC=CC(CCCc2ccccc2)C1. The molecule has 2 rings (SSSR count). The van der Waals surface area contributed by atoms with Gasteiger partial charge >= 0.3 is 0 Å². The number of hydrogen-bond acceptors (Lipinski definition) is 0. The average Bonchev–Trinajstić information content (AvgIpc) is 2.30. The monoisotopic (exact) mass is 212 g/mol. The van der Waals surface area contributed by atoms with Crippen LogP contribution in [0.1, 0.15) is 31.7 Å². The van der Waals surface area contributed by atoms with Crippen LogP contribution in [0.4, 0.5) is 0 Å². The Hall–Kier alpha value is -1.30. The molecule has 0 radical (unpaired) electrons. The molecule has 0 nitrogen and oxygen atoms in total. The first-order valence-corrected chi connectivity index (χ1v) is 6.22. The summed E-state index contributed by atoms with van der Waals surface area (Å²) in [5.74, 6) is 0.772. The van der Waals surface area contributed by atoms with Crippen LogP contribution in [0.3, 0.4) is 0 Å². The normalized spacial score (nSPS) is 19.6. The van der Waals surface area contributed by atoms with Gasteiger partial charge in [-0.1, -0.05) is 54.1 Å². The fourth-order valence-electron chi connectivity index (χ4n) is 2.34. The van der Waals surface area contributed by atoms with Gasteiger partial charge in [-0.2, -0.15) is 0 Å². The van der Waals surface area contributed by atoms with Gasteiger partial charge in [-0.05, 0) is 44.1 Å². The molecule has 1 aromatic carbocycles. The van der Waals surface area contributed by atoms with Crippen LogP contribution in [0.15, 0.2) is 54.1 Å². The average molecular weight is 212 g/mol. The van der Waals surface area contributed by atoms with Crippen LogP contribution in [0.25, 0.3) is 0 Å². The van der Waals surface area contributed by atoms with E-state index in [0.717, 1.165) is 5.92 Å². The zero-order valence-corrected chi connectivity index (χ0v) is 10.0. The van der Waals surface area contributed by atoms with Crippen LogP contribution in [0.5, 0.6) is 0 Å². The number of allylic oxidation sites excluding steroid dienone is 4. The van der Waals surface area contributed by atoms with E-state index in [9.17, 15) is 0 Å². The number of benzene rings is 1. The van der Waals surface area contributed by atoms with Gasteiger partial charge in [0.15, 0.2) is 0 Å². The fraction of sp³-hybridized carbons (Fsp3) is 0.375. The molecule has 0 aromatic heterocycles. The van der Waals surface area contributed by atoms with E-state index in [1.165, 1.54) is 36.8 Å². The van der Waals surface area contributed by atoms with E-state index in [2.05, 4.69) is 55.5 Å². The minimum atomic E-state index is 0.772. The maximum Gasteiger partial charge on any atom is -0.0193 e. The second-order valence-electron chi connectivity index (χ2n) is 4.74. The van der Waals surface area contributed by atoms with Crippen LogP contribution >= 0.6 is 0 Å². The van der Waals surface area contributed by atoms with Crippen LogP contribution in [0.2, 0.25) is 0 Å². The summed E-state index contributed by atoms with van der Waals surface area (Å²) in [5.41, 5.74) is 2.99. The van der Waals surface area contributed by atoms with E-state index in [1.54, 1.807) is 0 Å². The molecule has 1 aromatic rings. The van der Waals surface area contributed by atoms with Gasteiger partial charge < -0.3 is 0 Å². The zero-order valence-electron chi connectivity index (χ0n) is 10.0. The lowest BCUT2D eigenvalue weighted by Crippen LogP contribution is -2.01. The fourth-order valence-corrected chi connectivity index (χ4v) is 2.34. The first kappa shape index (κ1) is 11.2.